The van der Waals surface area contributed by atoms with Crippen LogP contribution in [0.4, 0.5) is 5.69 Å². The van der Waals surface area contributed by atoms with Crippen molar-refractivity contribution in [2.45, 2.75) is 44.8 Å². The van der Waals surface area contributed by atoms with Gasteiger partial charge in [0.25, 0.3) is 0 Å². The van der Waals surface area contributed by atoms with Crippen molar-refractivity contribution in [3.8, 4) is 0 Å². The number of hydrogen-bond acceptors (Lipinski definition) is 5. The van der Waals surface area contributed by atoms with E-state index in [0.29, 0.717) is 39.1 Å². The lowest BCUT2D eigenvalue weighted by molar-refractivity contribution is -0.140. The fraction of sp³-hybridized carbons (Fsp3) is 0.481. The van der Waals surface area contributed by atoms with Crippen molar-refractivity contribution in [2.75, 3.05) is 36.8 Å². The minimum Gasteiger partial charge on any atom is -0.374 e. The first kappa shape index (κ1) is 26.2. The first-order valence-corrected chi connectivity index (χ1v) is 14.2. The van der Waals surface area contributed by atoms with E-state index < -0.39 is 16.1 Å². The van der Waals surface area contributed by atoms with Gasteiger partial charge in [-0.1, -0.05) is 62.4 Å². The maximum absolute atomic E-state index is 13.5. The van der Waals surface area contributed by atoms with Crippen LogP contribution in [-0.2, 0) is 36.4 Å². The number of fused-ring (bicyclic) bond motifs is 2. The predicted octanol–water partition coefficient (Wildman–Crippen LogP) is 2.68. The number of ether oxygens (including phenoxy) is 1. The van der Waals surface area contributed by atoms with Crippen LogP contribution >= 0.6 is 0 Å². The average Bonchev–Trinajstić information content (AvgIpc) is 3.18. The summed E-state index contributed by atoms with van der Waals surface area (Å²) in [5.74, 6) is -0.618. The lowest BCUT2D eigenvalue weighted by atomic mass is 9.74. The molecule has 0 saturated carbocycles. The van der Waals surface area contributed by atoms with E-state index in [9.17, 15) is 18.0 Å². The summed E-state index contributed by atoms with van der Waals surface area (Å²) in [5.41, 5.74) is 2.43. The molecule has 2 aromatic carbocycles. The highest BCUT2D eigenvalue weighted by Crippen LogP contribution is 2.47. The summed E-state index contributed by atoms with van der Waals surface area (Å²) < 4.78 is 32.2. The van der Waals surface area contributed by atoms with E-state index in [2.05, 4.69) is 5.32 Å². The van der Waals surface area contributed by atoms with Gasteiger partial charge >= 0.3 is 0 Å². The summed E-state index contributed by atoms with van der Waals surface area (Å²) in [7, 11) is -3.40. The Balaban J connectivity index is 1.45. The van der Waals surface area contributed by atoms with Crippen LogP contribution in [0.15, 0.2) is 54.6 Å². The molecule has 8 nitrogen and oxygen atoms in total. The minimum atomic E-state index is -3.40. The van der Waals surface area contributed by atoms with Gasteiger partial charge in [-0.25, -0.2) is 8.42 Å². The summed E-state index contributed by atoms with van der Waals surface area (Å²) >= 11 is 0. The number of rotatable bonds is 8. The molecule has 1 saturated heterocycles. The highest BCUT2D eigenvalue weighted by Gasteiger charge is 2.47. The Bertz CT molecular complexity index is 1190. The molecule has 0 aromatic heterocycles. The van der Waals surface area contributed by atoms with Crippen molar-refractivity contribution in [1.82, 2.24) is 10.2 Å². The third-order valence-electron chi connectivity index (χ3n) is 7.16. The van der Waals surface area contributed by atoms with E-state index in [0.717, 1.165) is 16.8 Å². The Kier molecular flexibility index (Phi) is 7.70. The molecule has 194 valence electrons. The summed E-state index contributed by atoms with van der Waals surface area (Å²) in [5, 5.41) is 2.86. The number of amides is 2. The van der Waals surface area contributed by atoms with Crippen LogP contribution in [0.2, 0.25) is 0 Å². The van der Waals surface area contributed by atoms with Crippen molar-refractivity contribution in [3.05, 3.63) is 65.7 Å². The Labute approximate surface area is 213 Å². The van der Waals surface area contributed by atoms with Gasteiger partial charge in [0.15, 0.2) is 0 Å². The van der Waals surface area contributed by atoms with Crippen LogP contribution in [0.1, 0.15) is 37.8 Å². The average molecular weight is 514 g/mol. The van der Waals surface area contributed by atoms with Crippen LogP contribution in [-0.4, -0.2) is 63.7 Å². The molecule has 0 radical (unpaired) electrons. The maximum Gasteiger partial charge on any atom is 0.247 e. The molecule has 4 rings (SSSR count). The Morgan fingerprint density at radius 3 is 2.31 bits per heavy atom. The van der Waals surface area contributed by atoms with Crippen LogP contribution in [0.3, 0.4) is 0 Å². The van der Waals surface area contributed by atoms with Gasteiger partial charge in [0.2, 0.25) is 21.8 Å². The number of sulfonamides is 1. The molecule has 1 fully saturated rings. The fourth-order valence-electron chi connectivity index (χ4n) is 5.07. The number of carbonyl (C=O) groups excluding carboxylic acids is 2. The van der Waals surface area contributed by atoms with E-state index >= 15 is 0 Å². The minimum absolute atomic E-state index is 0.0819. The molecule has 1 atom stereocenters. The van der Waals surface area contributed by atoms with Crippen molar-refractivity contribution in [3.63, 3.8) is 0 Å². The number of carbonyl (C=O) groups is 2. The molecule has 1 spiro atoms. The molecule has 0 bridgehead atoms. The van der Waals surface area contributed by atoms with Gasteiger partial charge in [0, 0.05) is 31.0 Å². The quantitative estimate of drug-likeness (QED) is 0.586. The number of nitrogens with zero attached hydrogens (tertiary/aromatic N) is 2. The molecule has 36 heavy (non-hydrogen) atoms. The van der Waals surface area contributed by atoms with Gasteiger partial charge in [-0.3, -0.25) is 13.9 Å². The van der Waals surface area contributed by atoms with Crippen molar-refractivity contribution >= 4 is 27.5 Å². The number of hydrogen-bond donors (Lipinski definition) is 1. The first-order valence-electron chi connectivity index (χ1n) is 12.4. The first-order chi connectivity index (χ1) is 17.1. The molecular weight excluding hydrogens is 478 g/mol. The van der Waals surface area contributed by atoms with Gasteiger partial charge < -0.3 is 15.0 Å². The highest BCUT2D eigenvalue weighted by atomic mass is 32.2. The Morgan fingerprint density at radius 1 is 1.03 bits per heavy atom. The number of para-hydroxylation sites is 1. The van der Waals surface area contributed by atoms with Gasteiger partial charge in [-0.15, -0.1) is 0 Å². The second-order valence-electron chi connectivity index (χ2n) is 10.1. The monoisotopic (exact) mass is 513 g/mol. The van der Waals surface area contributed by atoms with Gasteiger partial charge in [-0.2, -0.15) is 0 Å². The number of nitrogens with one attached hydrogen (secondary N) is 1. The van der Waals surface area contributed by atoms with Crippen LogP contribution < -0.4 is 9.62 Å². The standard InChI is InChI=1S/C27H35N3O5S/c1-20(2)25(31)28-23(18-35-17-21-9-5-4-6-10-21)26(32)29-15-13-27(14-16-29)19-30(36(3,33)34)24-12-8-7-11-22(24)27/h4-12,20,23H,13-19H2,1-3H3,(H,28,31). The van der Waals surface area contributed by atoms with Crippen LogP contribution in [0.5, 0.6) is 0 Å². The largest absolute Gasteiger partial charge is 0.374 e. The smallest absolute Gasteiger partial charge is 0.247 e. The van der Waals surface area contributed by atoms with E-state index in [-0.39, 0.29) is 29.8 Å². The van der Waals surface area contributed by atoms with Crippen LogP contribution in [0.25, 0.3) is 0 Å². The zero-order valence-corrected chi connectivity index (χ0v) is 22.0. The van der Waals surface area contributed by atoms with Crippen LogP contribution in [0, 0.1) is 5.92 Å². The number of benzene rings is 2. The van der Waals surface area contributed by atoms with E-state index in [1.165, 1.54) is 10.6 Å². The van der Waals surface area contributed by atoms with E-state index in [4.69, 9.17) is 4.74 Å². The highest BCUT2D eigenvalue weighted by molar-refractivity contribution is 7.92. The Hall–Kier alpha value is -2.91. The molecule has 2 amide bonds. The number of piperidine rings is 1. The Morgan fingerprint density at radius 2 is 1.67 bits per heavy atom. The molecule has 2 heterocycles. The van der Waals surface area contributed by atoms with Gasteiger partial charge in [0.1, 0.15) is 6.04 Å². The van der Waals surface area contributed by atoms with Crippen molar-refractivity contribution in [1.29, 1.82) is 0 Å². The third-order valence-corrected chi connectivity index (χ3v) is 8.28. The predicted molar refractivity (Wildman–Crippen MR) is 139 cm³/mol. The SMILES string of the molecule is CC(C)C(=O)NC(COCc1ccccc1)C(=O)N1CCC2(CC1)CN(S(C)(=O)=O)c1ccccc12. The summed E-state index contributed by atoms with van der Waals surface area (Å²) in [6.45, 7) is 5.37. The molecule has 1 unspecified atom stereocenters. The normalized spacial score (nSPS) is 17.8. The van der Waals surface area contributed by atoms with Crippen molar-refractivity contribution in [2.24, 2.45) is 5.92 Å². The van der Waals surface area contributed by atoms with Crippen molar-refractivity contribution < 1.29 is 22.7 Å². The molecule has 1 N–H and O–H groups in total. The molecule has 2 aliphatic heterocycles. The molecule has 9 heteroatoms. The zero-order valence-electron chi connectivity index (χ0n) is 21.1. The number of anilines is 1. The second kappa shape index (κ2) is 10.6. The molecule has 0 aliphatic carbocycles. The van der Waals surface area contributed by atoms with E-state index in [1.807, 2.05) is 54.6 Å². The molecule has 2 aromatic rings. The van der Waals surface area contributed by atoms with Gasteiger partial charge in [0.05, 0.1) is 25.2 Å². The molecular formula is C27H35N3O5S. The van der Waals surface area contributed by atoms with Gasteiger partial charge in [-0.05, 0) is 30.0 Å². The summed E-state index contributed by atoms with van der Waals surface area (Å²) in [6, 6.07) is 16.6. The maximum atomic E-state index is 13.5. The summed E-state index contributed by atoms with van der Waals surface area (Å²) in [6.07, 6.45) is 2.54. The fourth-order valence-corrected chi connectivity index (χ4v) is 6.06. The topological polar surface area (TPSA) is 96.0 Å². The summed E-state index contributed by atoms with van der Waals surface area (Å²) in [4.78, 5) is 27.7. The lowest BCUT2D eigenvalue weighted by Gasteiger charge is -2.41. The molecule has 2 aliphatic rings. The number of likely N-dealkylation sites (tertiary alicyclic amines) is 1. The van der Waals surface area contributed by atoms with E-state index in [1.54, 1.807) is 18.7 Å². The third kappa shape index (κ3) is 5.57. The second-order valence-corrected chi connectivity index (χ2v) is 12.0. The zero-order chi connectivity index (χ0) is 25.9. The lowest BCUT2D eigenvalue weighted by Crippen LogP contribution is -2.55.